The summed E-state index contributed by atoms with van der Waals surface area (Å²) in [5, 5.41) is 4.13. The van der Waals surface area contributed by atoms with E-state index < -0.39 is 0 Å². The molecule has 62 valence electrons. The van der Waals surface area contributed by atoms with Gasteiger partial charge in [-0.1, -0.05) is 0 Å². The second-order valence-electron chi connectivity index (χ2n) is 2.31. The monoisotopic (exact) mass is 172 g/mol. The normalized spacial score (nSPS) is 10.9. The fraction of sp³-hybridized carbons (Fsp3) is 0.500. The summed E-state index contributed by atoms with van der Waals surface area (Å²) in [5.74, 6) is 0. The Morgan fingerprint density at radius 1 is 1.27 bits per heavy atom. The molecule has 0 N–H and O–H groups in total. The molecule has 0 saturated heterocycles. The van der Waals surface area contributed by atoms with Gasteiger partial charge in [0.1, 0.15) is 0 Å². The zero-order valence-electron chi connectivity index (χ0n) is 6.96. The first-order valence-electron chi connectivity index (χ1n) is 3.38. The van der Waals surface area contributed by atoms with Crippen LogP contribution in [0.4, 0.5) is 0 Å². The van der Waals surface area contributed by atoms with Gasteiger partial charge < -0.3 is 9.47 Å². The molecule has 0 aliphatic carbocycles. The summed E-state index contributed by atoms with van der Waals surface area (Å²) >= 11 is 1.67. The van der Waals surface area contributed by atoms with E-state index in [4.69, 9.17) is 9.47 Å². The predicted octanol–water partition coefficient (Wildman–Crippen LogP) is 2.35. The minimum Gasteiger partial charge on any atom is -0.352 e. The molecule has 0 aliphatic heterocycles. The average molecular weight is 172 g/mol. The second kappa shape index (κ2) is 3.85. The molecule has 3 heteroatoms. The molecule has 1 aromatic rings. The molecular formula is C8H12O2S. The molecule has 0 fully saturated rings. The van der Waals surface area contributed by atoms with Crippen molar-refractivity contribution in [1.82, 2.24) is 0 Å². The third kappa shape index (κ3) is 1.80. The van der Waals surface area contributed by atoms with E-state index >= 15 is 0 Å². The maximum atomic E-state index is 5.11. The van der Waals surface area contributed by atoms with Crippen LogP contribution >= 0.6 is 11.3 Å². The van der Waals surface area contributed by atoms with Crippen LogP contribution in [0.5, 0.6) is 0 Å². The van der Waals surface area contributed by atoms with E-state index in [-0.39, 0.29) is 6.29 Å². The van der Waals surface area contributed by atoms with Crippen molar-refractivity contribution in [3.63, 3.8) is 0 Å². The molecule has 0 unspecified atom stereocenters. The molecule has 0 bridgehead atoms. The lowest BCUT2D eigenvalue weighted by Crippen LogP contribution is -2.03. The average Bonchev–Trinajstić information content (AvgIpc) is 2.40. The Kier molecular flexibility index (Phi) is 3.05. The van der Waals surface area contributed by atoms with Crippen molar-refractivity contribution in [2.75, 3.05) is 14.2 Å². The van der Waals surface area contributed by atoms with Gasteiger partial charge in [0.15, 0.2) is 6.29 Å². The molecule has 0 spiro atoms. The van der Waals surface area contributed by atoms with Gasteiger partial charge in [0.2, 0.25) is 0 Å². The topological polar surface area (TPSA) is 18.5 Å². The summed E-state index contributed by atoms with van der Waals surface area (Å²) < 4.78 is 10.2. The van der Waals surface area contributed by atoms with Crippen molar-refractivity contribution in [3.05, 3.63) is 21.9 Å². The molecular weight excluding hydrogens is 160 g/mol. The van der Waals surface area contributed by atoms with Crippen LogP contribution in [-0.4, -0.2) is 14.2 Å². The van der Waals surface area contributed by atoms with Crippen molar-refractivity contribution < 1.29 is 9.47 Å². The first-order valence-corrected chi connectivity index (χ1v) is 4.32. The number of ether oxygens (including phenoxy) is 2. The molecule has 0 atom stereocenters. The molecule has 11 heavy (non-hydrogen) atoms. The fourth-order valence-electron chi connectivity index (χ4n) is 0.962. The number of aryl methyl sites for hydroxylation is 1. The van der Waals surface area contributed by atoms with Gasteiger partial charge in [-0.15, -0.1) is 0 Å². The highest BCUT2D eigenvalue weighted by atomic mass is 32.1. The highest BCUT2D eigenvalue weighted by Gasteiger charge is 2.11. The lowest BCUT2D eigenvalue weighted by Gasteiger charge is -2.12. The maximum absolute atomic E-state index is 5.11. The molecule has 1 heterocycles. The van der Waals surface area contributed by atoms with Gasteiger partial charge in [-0.2, -0.15) is 11.3 Å². The van der Waals surface area contributed by atoms with E-state index in [1.165, 1.54) is 5.56 Å². The standard InChI is InChI=1S/C8H12O2S/c1-6-4-11-5-7(6)8(9-2)10-3/h4-5,8H,1-3H3. The molecule has 0 aliphatic rings. The molecule has 1 aromatic heterocycles. The third-order valence-electron chi connectivity index (χ3n) is 1.58. The minimum atomic E-state index is -0.207. The van der Waals surface area contributed by atoms with Crippen LogP contribution in [0.2, 0.25) is 0 Å². The van der Waals surface area contributed by atoms with Gasteiger partial charge in [0, 0.05) is 19.8 Å². The largest absolute Gasteiger partial charge is 0.352 e. The van der Waals surface area contributed by atoms with Gasteiger partial charge >= 0.3 is 0 Å². The summed E-state index contributed by atoms with van der Waals surface area (Å²) in [6, 6.07) is 0. The number of hydrogen-bond acceptors (Lipinski definition) is 3. The van der Waals surface area contributed by atoms with Crippen LogP contribution in [-0.2, 0) is 9.47 Å². The van der Waals surface area contributed by atoms with Crippen LogP contribution in [0.15, 0.2) is 10.8 Å². The number of thiophene rings is 1. The highest BCUT2D eigenvalue weighted by Crippen LogP contribution is 2.24. The summed E-state index contributed by atoms with van der Waals surface area (Å²) in [5.41, 5.74) is 2.35. The summed E-state index contributed by atoms with van der Waals surface area (Å²) in [6.07, 6.45) is -0.207. The van der Waals surface area contributed by atoms with Crippen LogP contribution in [0.25, 0.3) is 0 Å². The van der Waals surface area contributed by atoms with Crippen molar-refractivity contribution >= 4 is 11.3 Å². The lowest BCUT2D eigenvalue weighted by molar-refractivity contribution is -0.106. The smallest absolute Gasteiger partial charge is 0.184 e. The molecule has 0 aromatic carbocycles. The van der Waals surface area contributed by atoms with Gasteiger partial charge in [-0.25, -0.2) is 0 Å². The van der Waals surface area contributed by atoms with E-state index in [1.807, 2.05) is 5.38 Å². The fourth-order valence-corrected chi connectivity index (χ4v) is 1.81. The molecule has 0 radical (unpaired) electrons. The van der Waals surface area contributed by atoms with Crippen LogP contribution in [0, 0.1) is 6.92 Å². The summed E-state index contributed by atoms with van der Waals surface area (Å²) in [4.78, 5) is 0. The van der Waals surface area contributed by atoms with Gasteiger partial charge in [0.05, 0.1) is 0 Å². The van der Waals surface area contributed by atoms with Gasteiger partial charge in [-0.05, 0) is 23.2 Å². The van der Waals surface area contributed by atoms with E-state index in [1.54, 1.807) is 25.6 Å². The van der Waals surface area contributed by atoms with Crippen molar-refractivity contribution in [2.45, 2.75) is 13.2 Å². The number of hydrogen-bond donors (Lipinski definition) is 0. The number of rotatable bonds is 3. The van der Waals surface area contributed by atoms with Crippen molar-refractivity contribution in [1.29, 1.82) is 0 Å². The first-order chi connectivity index (χ1) is 5.29. The van der Waals surface area contributed by atoms with E-state index in [9.17, 15) is 0 Å². The van der Waals surface area contributed by atoms with E-state index in [0.29, 0.717) is 0 Å². The minimum absolute atomic E-state index is 0.207. The van der Waals surface area contributed by atoms with Crippen molar-refractivity contribution in [2.24, 2.45) is 0 Å². The Hall–Kier alpha value is -0.380. The van der Waals surface area contributed by atoms with E-state index in [0.717, 1.165) is 5.56 Å². The molecule has 0 amide bonds. The quantitative estimate of drug-likeness (QED) is 0.651. The van der Waals surface area contributed by atoms with Crippen LogP contribution in [0.1, 0.15) is 17.4 Å². The highest BCUT2D eigenvalue weighted by molar-refractivity contribution is 7.08. The maximum Gasteiger partial charge on any atom is 0.184 e. The van der Waals surface area contributed by atoms with Crippen LogP contribution < -0.4 is 0 Å². The Labute approximate surface area is 70.8 Å². The number of methoxy groups -OCH3 is 2. The Bertz CT molecular complexity index is 216. The SMILES string of the molecule is COC(OC)c1cscc1C. The summed E-state index contributed by atoms with van der Waals surface area (Å²) in [6.45, 7) is 2.05. The lowest BCUT2D eigenvalue weighted by atomic mass is 10.2. The van der Waals surface area contributed by atoms with Crippen molar-refractivity contribution in [3.8, 4) is 0 Å². The van der Waals surface area contributed by atoms with E-state index in [2.05, 4.69) is 12.3 Å². The van der Waals surface area contributed by atoms with Crippen LogP contribution in [0.3, 0.4) is 0 Å². The first kappa shape index (κ1) is 8.71. The Morgan fingerprint density at radius 3 is 2.27 bits per heavy atom. The predicted molar refractivity (Wildman–Crippen MR) is 45.8 cm³/mol. The second-order valence-corrected chi connectivity index (χ2v) is 3.06. The zero-order valence-corrected chi connectivity index (χ0v) is 7.77. The Balaban J connectivity index is 2.81. The third-order valence-corrected chi connectivity index (χ3v) is 2.46. The Morgan fingerprint density at radius 2 is 1.91 bits per heavy atom. The van der Waals surface area contributed by atoms with Gasteiger partial charge in [-0.3, -0.25) is 0 Å². The molecule has 0 saturated carbocycles. The zero-order chi connectivity index (χ0) is 8.27. The molecule has 2 nitrogen and oxygen atoms in total. The van der Waals surface area contributed by atoms with Gasteiger partial charge in [0.25, 0.3) is 0 Å². The molecule has 1 rings (SSSR count). The summed E-state index contributed by atoms with van der Waals surface area (Å²) in [7, 11) is 3.29.